The molecule has 0 aromatic carbocycles. The molecular formula is C10H16Cl2N4O. The summed E-state index contributed by atoms with van der Waals surface area (Å²) in [5, 5.41) is 3.18. The fourth-order valence-electron chi connectivity index (χ4n) is 1.10. The molecule has 0 bridgehead atoms. The van der Waals surface area contributed by atoms with E-state index in [9.17, 15) is 0 Å². The molecule has 1 heterocycles. The molecule has 0 saturated heterocycles. The van der Waals surface area contributed by atoms with Gasteiger partial charge in [-0.15, -0.1) is 0 Å². The Balaban J connectivity index is 2.18. The van der Waals surface area contributed by atoms with E-state index in [1.54, 1.807) is 0 Å². The highest BCUT2D eigenvalue weighted by Crippen LogP contribution is 2.09. The van der Waals surface area contributed by atoms with E-state index in [4.69, 9.17) is 27.9 Å². The molecule has 17 heavy (non-hydrogen) atoms. The van der Waals surface area contributed by atoms with Crippen LogP contribution < -0.4 is 5.32 Å². The minimum Gasteiger partial charge on any atom is -0.381 e. The molecule has 1 N–H and O–H groups in total. The van der Waals surface area contributed by atoms with Crippen molar-refractivity contribution in [1.29, 1.82) is 0 Å². The van der Waals surface area contributed by atoms with Crippen molar-refractivity contribution < 1.29 is 4.74 Å². The van der Waals surface area contributed by atoms with Gasteiger partial charge in [0.1, 0.15) is 0 Å². The molecule has 7 heteroatoms. The van der Waals surface area contributed by atoms with Crippen molar-refractivity contribution in [3.8, 4) is 0 Å². The quantitative estimate of drug-likeness (QED) is 0.777. The molecule has 1 aromatic rings. The van der Waals surface area contributed by atoms with Gasteiger partial charge in [0.25, 0.3) is 0 Å². The maximum Gasteiger partial charge on any atom is 0.228 e. The van der Waals surface area contributed by atoms with Crippen LogP contribution in [0.2, 0.25) is 10.6 Å². The third kappa shape index (κ3) is 6.61. The van der Waals surface area contributed by atoms with Crippen LogP contribution in [0, 0.1) is 5.92 Å². The number of hydrogen-bond acceptors (Lipinski definition) is 5. The summed E-state index contributed by atoms with van der Waals surface area (Å²) >= 11 is 11.3. The first kappa shape index (κ1) is 14.4. The molecule has 1 aromatic heterocycles. The molecule has 0 amide bonds. The summed E-state index contributed by atoms with van der Waals surface area (Å²) in [6.45, 7) is 6.43. The maximum atomic E-state index is 5.64. The van der Waals surface area contributed by atoms with E-state index in [1.165, 1.54) is 0 Å². The summed E-state index contributed by atoms with van der Waals surface area (Å²) < 4.78 is 5.44. The third-order valence-corrected chi connectivity index (χ3v) is 2.12. The van der Waals surface area contributed by atoms with Crippen molar-refractivity contribution in [2.24, 2.45) is 5.92 Å². The standard InChI is InChI=1S/C10H16Cl2N4O/c1-7(2)6-17-5-3-4-13-10-15-8(11)14-9(12)16-10/h7H,3-6H2,1-2H3,(H,13,14,15,16). The van der Waals surface area contributed by atoms with Crippen LogP contribution in [0.1, 0.15) is 20.3 Å². The minimum atomic E-state index is 0.0866. The highest BCUT2D eigenvalue weighted by atomic mass is 35.5. The summed E-state index contributed by atoms with van der Waals surface area (Å²) in [5.74, 6) is 0.947. The van der Waals surface area contributed by atoms with E-state index in [0.29, 0.717) is 25.0 Å². The number of halogens is 2. The SMILES string of the molecule is CC(C)COCCCNc1nc(Cl)nc(Cl)n1. The number of hydrogen-bond donors (Lipinski definition) is 1. The van der Waals surface area contributed by atoms with Crippen LogP contribution in [0.25, 0.3) is 0 Å². The third-order valence-electron chi connectivity index (χ3n) is 1.78. The fourth-order valence-corrected chi connectivity index (χ4v) is 1.46. The smallest absolute Gasteiger partial charge is 0.228 e. The molecule has 0 fully saturated rings. The highest BCUT2D eigenvalue weighted by molar-refractivity contribution is 6.31. The normalized spacial score (nSPS) is 10.9. The molecule has 0 aliphatic carbocycles. The monoisotopic (exact) mass is 278 g/mol. The number of rotatable bonds is 7. The lowest BCUT2D eigenvalue weighted by molar-refractivity contribution is 0.110. The Kier molecular flexibility index (Phi) is 6.47. The second kappa shape index (κ2) is 7.63. The molecule has 0 spiro atoms. The zero-order valence-corrected chi connectivity index (χ0v) is 11.4. The largest absolute Gasteiger partial charge is 0.381 e. The summed E-state index contributed by atoms with van der Waals surface area (Å²) in [5.41, 5.74) is 0. The van der Waals surface area contributed by atoms with E-state index in [0.717, 1.165) is 13.0 Å². The zero-order chi connectivity index (χ0) is 12.7. The van der Waals surface area contributed by atoms with Crippen molar-refractivity contribution in [3.05, 3.63) is 10.6 Å². The van der Waals surface area contributed by atoms with Crippen LogP contribution in [0.4, 0.5) is 5.95 Å². The topological polar surface area (TPSA) is 59.9 Å². The van der Waals surface area contributed by atoms with Gasteiger partial charge in [-0.2, -0.15) is 15.0 Å². The molecule has 1 rings (SSSR count). The molecule has 5 nitrogen and oxygen atoms in total. The lowest BCUT2D eigenvalue weighted by Gasteiger charge is -2.07. The maximum absolute atomic E-state index is 5.64. The molecule has 0 atom stereocenters. The van der Waals surface area contributed by atoms with Gasteiger partial charge in [0.2, 0.25) is 16.5 Å². The van der Waals surface area contributed by atoms with E-state index in [-0.39, 0.29) is 10.6 Å². The van der Waals surface area contributed by atoms with Gasteiger partial charge in [-0.25, -0.2) is 0 Å². The van der Waals surface area contributed by atoms with Crippen molar-refractivity contribution in [3.63, 3.8) is 0 Å². The molecular weight excluding hydrogens is 263 g/mol. The van der Waals surface area contributed by atoms with E-state index in [1.807, 2.05) is 0 Å². The van der Waals surface area contributed by atoms with Gasteiger partial charge >= 0.3 is 0 Å². The summed E-state index contributed by atoms with van der Waals surface area (Å²) in [4.78, 5) is 11.4. The van der Waals surface area contributed by atoms with Crippen LogP contribution in [-0.4, -0.2) is 34.7 Å². The Hall–Kier alpha value is -0.650. The fraction of sp³-hybridized carbons (Fsp3) is 0.700. The molecule has 0 unspecified atom stereocenters. The predicted octanol–water partition coefficient (Wildman–Crippen LogP) is 2.65. The number of nitrogens with zero attached hydrogens (tertiary/aromatic N) is 3. The van der Waals surface area contributed by atoms with Crippen LogP contribution >= 0.6 is 23.2 Å². The van der Waals surface area contributed by atoms with Crippen LogP contribution in [-0.2, 0) is 4.74 Å². The van der Waals surface area contributed by atoms with Gasteiger partial charge < -0.3 is 10.1 Å². The summed E-state index contributed by atoms with van der Waals surface area (Å²) in [6.07, 6.45) is 0.869. The van der Waals surface area contributed by atoms with Crippen molar-refractivity contribution in [2.75, 3.05) is 25.1 Å². The minimum absolute atomic E-state index is 0.0866. The van der Waals surface area contributed by atoms with Gasteiger partial charge in [-0.1, -0.05) is 13.8 Å². The Morgan fingerprint density at radius 2 is 1.82 bits per heavy atom. The van der Waals surface area contributed by atoms with E-state index in [2.05, 4.69) is 34.1 Å². The average molecular weight is 279 g/mol. The van der Waals surface area contributed by atoms with Gasteiger partial charge in [-0.3, -0.25) is 0 Å². The van der Waals surface area contributed by atoms with Gasteiger partial charge in [0, 0.05) is 19.8 Å². The van der Waals surface area contributed by atoms with Gasteiger partial charge in [0.05, 0.1) is 0 Å². The number of ether oxygens (including phenoxy) is 1. The van der Waals surface area contributed by atoms with Gasteiger partial charge in [0.15, 0.2) is 0 Å². The average Bonchev–Trinajstić information content (AvgIpc) is 2.21. The van der Waals surface area contributed by atoms with Gasteiger partial charge in [-0.05, 0) is 35.5 Å². The molecule has 0 saturated carbocycles. The second-order valence-corrected chi connectivity index (χ2v) is 4.62. The van der Waals surface area contributed by atoms with Crippen LogP contribution in [0.15, 0.2) is 0 Å². The molecule has 0 aliphatic heterocycles. The first-order valence-electron chi connectivity index (χ1n) is 5.46. The predicted molar refractivity (Wildman–Crippen MR) is 68.6 cm³/mol. The lowest BCUT2D eigenvalue weighted by atomic mass is 10.2. The zero-order valence-electron chi connectivity index (χ0n) is 9.91. The Bertz CT molecular complexity index is 329. The van der Waals surface area contributed by atoms with E-state index >= 15 is 0 Å². The first-order valence-corrected chi connectivity index (χ1v) is 6.22. The summed E-state index contributed by atoms with van der Waals surface area (Å²) in [6, 6.07) is 0. The molecule has 96 valence electrons. The van der Waals surface area contributed by atoms with Crippen molar-refractivity contribution in [2.45, 2.75) is 20.3 Å². The van der Waals surface area contributed by atoms with Crippen LogP contribution in [0.3, 0.4) is 0 Å². The van der Waals surface area contributed by atoms with E-state index < -0.39 is 0 Å². The highest BCUT2D eigenvalue weighted by Gasteiger charge is 2.02. The Labute approximate surface area is 111 Å². The van der Waals surface area contributed by atoms with Crippen LogP contribution in [0.5, 0.6) is 0 Å². The Morgan fingerprint density at radius 1 is 1.18 bits per heavy atom. The second-order valence-electron chi connectivity index (χ2n) is 3.95. The first-order chi connectivity index (χ1) is 8.08. The molecule has 0 radical (unpaired) electrons. The number of anilines is 1. The number of aromatic nitrogens is 3. The Morgan fingerprint density at radius 3 is 2.41 bits per heavy atom. The van der Waals surface area contributed by atoms with Crippen molar-refractivity contribution >= 4 is 29.2 Å². The number of nitrogens with one attached hydrogen (secondary N) is 1. The lowest BCUT2D eigenvalue weighted by Crippen LogP contribution is -2.10. The van der Waals surface area contributed by atoms with Crippen molar-refractivity contribution in [1.82, 2.24) is 15.0 Å². The molecule has 0 aliphatic rings. The summed E-state index contributed by atoms with van der Waals surface area (Å²) in [7, 11) is 0.